The number of hydrogen-bond donors (Lipinski definition) is 0. The van der Waals surface area contributed by atoms with Crippen LogP contribution in [-0.2, 0) is 14.9 Å². The third-order valence-electron chi connectivity index (χ3n) is 4.12. The van der Waals surface area contributed by atoms with Crippen LogP contribution >= 0.6 is 0 Å². The molecule has 1 aliphatic rings. The smallest absolute Gasteiger partial charge is 0.410 e. The third kappa shape index (κ3) is 4.51. The van der Waals surface area contributed by atoms with E-state index in [4.69, 9.17) is 4.74 Å². The zero-order chi connectivity index (χ0) is 20.5. The maximum absolute atomic E-state index is 13.9. The highest BCUT2D eigenvalue weighted by molar-refractivity contribution is 5.84. The number of piperidine rings is 1. The fourth-order valence-corrected chi connectivity index (χ4v) is 2.72. The largest absolute Gasteiger partial charge is 0.459 e. The van der Waals surface area contributed by atoms with Crippen LogP contribution in [0, 0.1) is 0 Å². The van der Waals surface area contributed by atoms with Crippen LogP contribution in [-0.4, -0.2) is 58.6 Å². The Morgan fingerprint density at radius 2 is 1.81 bits per heavy atom. The van der Waals surface area contributed by atoms with E-state index in [9.17, 15) is 22.8 Å². The zero-order valence-electron chi connectivity index (χ0n) is 15.6. The number of hydrogen-bond acceptors (Lipinski definition) is 7. The number of rotatable bonds is 3. The minimum Gasteiger partial charge on any atom is -0.459 e. The van der Waals surface area contributed by atoms with Gasteiger partial charge in [-0.15, -0.1) is 0 Å². The molecule has 0 saturated carbocycles. The average molecular weight is 393 g/mol. The van der Waals surface area contributed by atoms with Gasteiger partial charge in [0.05, 0.1) is 6.61 Å². The molecule has 8 nitrogen and oxygen atoms in total. The second kappa shape index (κ2) is 7.35. The predicted octanol–water partition coefficient (Wildman–Crippen LogP) is 3.08. The van der Waals surface area contributed by atoms with Crippen LogP contribution < -0.4 is 0 Å². The van der Waals surface area contributed by atoms with Crippen LogP contribution in [0.25, 0.3) is 0 Å². The monoisotopic (exact) mass is 393 g/mol. The molecule has 1 aliphatic heterocycles. The van der Waals surface area contributed by atoms with Gasteiger partial charge in [0.15, 0.2) is 5.82 Å². The molecule has 27 heavy (non-hydrogen) atoms. The molecule has 1 saturated heterocycles. The lowest BCUT2D eigenvalue weighted by Gasteiger charge is -2.40. The van der Waals surface area contributed by atoms with Gasteiger partial charge in [-0.1, -0.05) is 5.16 Å². The van der Waals surface area contributed by atoms with E-state index >= 15 is 0 Å². The number of likely N-dealkylation sites (tertiary alicyclic amines) is 1. The second-order valence-electron chi connectivity index (χ2n) is 7.19. The molecule has 2 rings (SSSR count). The van der Waals surface area contributed by atoms with Gasteiger partial charge in [0.1, 0.15) is 11.0 Å². The number of halogens is 3. The highest BCUT2D eigenvalue weighted by Crippen LogP contribution is 2.47. The molecule has 1 aromatic heterocycles. The minimum atomic E-state index is -4.69. The normalized spacial score (nSPS) is 17.5. The van der Waals surface area contributed by atoms with E-state index in [2.05, 4.69) is 19.4 Å². The number of esters is 1. The van der Waals surface area contributed by atoms with Gasteiger partial charge in [-0.05, 0) is 40.5 Å². The Balaban J connectivity index is 2.21. The quantitative estimate of drug-likeness (QED) is 0.728. The molecule has 0 radical (unpaired) electrons. The first kappa shape index (κ1) is 21.0. The van der Waals surface area contributed by atoms with Gasteiger partial charge < -0.3 is 18.9 Å². The maximum atomic E-state index is 13.9. The lowest BCUT2D eigenvalue weighted by molar-refractivity contribution is -0.205. The van der Waals surface area contributed by atoms with Crippen LogP contribution in [0.15, 0.2) is 4.52 Å². The standard InChI is InChI=1S/C16H22F3N3O5/c1-5-25-11(23)10-20-12(21-27-10)15(16(17,18)19)6-8-22(9-7-15)13(24)26-14(2,3)4/h5-9H2,1-4H3. The number of alkyl halides is 3. The van der Waals surface area contributed by atoms with E-state index in [1.165, 1.54) is 4.90 Å². The van der Waals surface area contributed by atoms with Gasteiger partial charge in [0, 0.05) is 13.1 Å². The van der Waals surface area contributed by atoms with Crippen molar-refractivity contribution >= 4 is 12.1 Å². The molecule has 152 valence electrons. The van der Waals surface area contributed by atoms with Gasteiger partial charge in [-0.3, -0.25) is 0 Å². The van der Waals surface area contributed by atoms with Crippen molar-refractivity contribution in [2.75, 3.05) is 19.7 Å². The molecule has 1 fully saturated rings. The van der Waals surface area contributed by atoms with Crippen LogP contribution in [0.4, 0.5) is 18.0 Å². The minimum absolute atomic E-state index is 0.0197. The van der Waals surface area contributed by atoms with E-state index in [0.717, 1.165) is 0 Å². The third-order valence-corrected chi connectivity index (χ3v) is 4.12. The fourth-order valence-electron chi connectivity index (χ4n) is 2.72. The highest BCUT2D eigenvalue weighted by Gasteiger charge is 2.60. The van der Waals surface area contributed by atoms with Crippen molar-refractivity contribution in [3.8, 4) is 0 Å². The van der Waals surface area contributed by atoms with Gasteiger partial charge in [0.25, 0.3) is 0 Å². The Morgan fingerprint density at radius 3 is 2.30 bits per heavy atom. The number of carbonyl (C=O) groups is 2. The fraction of sp³-hybridized carbons (Fsp3) is 0.750. The first-order chi connectivity index (χ1) is 12.4. The van der Waals surface area contributed by atoms with Gasteiger partial charge in [0.2, 0.25) is 0 Å². The molecule has 0 atom stereocenters. The van der Waals surface area contributed by atoms with Gasteiger partial charge in [-0.2, -0.15) is 18.2 Å². The summed E-state index contributed by atoms with van der Waals surface area (Å²) in [5, 5.41) is 3.37. The topological polar surface area (TPSA) is 94.8 Å². The maximum Gasteiger partial charge on any atom is 0.410 e. The molecule has 0 aliphatic carbocycles. The molecule has 2 heterocycles. The highest BCUT2D eigenvalue weighted by atomic mass is 19.4. The lowest BCUT2D eigenvalue weighted by Crippen LogP contribution is -2.53. The number of amides is 1. The number of nitrogens with zero attached hydrogens (tertiary/aromatic N) is 3. The van der Waals surface area contributed by atoms with Crippen molar-refractivity contribution in [2.45, 2.75) is 57.7 Å². The van der Waals surface area contributed by atoms with Crippen molar-refractivity contribution in [1.82, 2.24) is 15.0 Å². The van der Waals surface area contributed by atoms with E-state index in [1.54, 1.807) is 27.7 Å². The van der Waals surface area contributed by atoms with Gasteiger partial charge in [-0.25, -0.2) is 9.59 Å². The summed E-state index contributed by atoms with van der Waals surface area (Å²) in [6.07, 6.45) is -6.32. The summed E-state index contributed by atoms with van der Waals surface area (Å²) in [6.45, 7) is 6.18. The van der Waals surface area contributed by atoms with E-state index < -0.39 is 53.8 Å². The summed E-state index contributed by atoms with van der Waals surface area (Å²) >= 11 is 0. The number of aromatic nitrogens is 2. The van der Waals surface area contributed by atoms with E-state index in [1.807, 2.05) is 0 Å². The van der Waals surface area contributed by atoms with Crippen molar-refractivity contribution in [2.24, 2.45) is 0 Å². The summed E-state index contributed by atoms with van der Waals surface area (Å²) in [5.41, 5.74) is -3.17. The number of ether oxygens (including phenoxy) is 2. The first-order valence-corrected chi connectivity index (χ1v) is 8.45. The SMILES string of the molecule is CCOC(=O)c1nc(C2(C(F)(F)F)CCN(C(=O)OC(C)(C)C)CC2)no1. The van der Waals surface area contributed by atoms with Crippen molar-refractivity contribution in [3.05, 3.63) is 11.7 Å². The molecule has 0 unspecified atom stereocenters. The molecular formula is C16H22F3N3O5. The predicted molar refractivity (Wildman–Crippen MR) is 85.0 cm³/mol. The Morgan fingerprint density at radius 1 is 1.22 bits per heavy atom. The van der Waals surface area contributed by atoms with E-state index in [-0.39, 0.29) is 19.7 Å². The van der Waals surface area contributed by atoms with Crippen molar-refractivity contribution in [3.63, 3.8) is 0 Å². The second-order valence-corrected chi connectivity index (χ2v) is 7.19. The molecular weight excluding hydrogens is 371 g/mol. The van der Waals surface area contributed by atoms with Crippen LogP contribution in [0.1, 0.15) is 57.0 Å². The van der Waals surface area contributed by atoms with Gasteiger partial charge >= 0.3 is 24.1 Å². The van der Waals surface area contributed by atoms with Crippen LogP contribution in [0.2, 0.25) is 0 Å². The zero-order valence-corrected chi connectivity index (χ0v) is 15.6. The summed E-state index contributed by atoms with van der Waals surface area (Å²) in [5.74, 6) is -2.26. The molecule has 0 aromatic carbocycles. The summed E-state index contributed by atoms with van der Waals surface area (Å²) < 4.78 is 56.1. The molecule has 1 amide bonds. The Labute approximate surface area is 154 Å². The molecule has 0 spiro atoms. The van der Waals surface area contributed by atoms with Crippen molar-refractivity contribution in [1.29, 1.82) is 0 Å². The van der Waals surface area contributed by atoms with Crippen molar-refractivity contribution < 1.29 is 36.8 Å². The Kier molecular flexibility index (Phi) is 5.71. The van der Waals surface area contributed by atoms with Crippen LogP contribution in [0.5, 0.6) is 0 Å². The molecule has 0 N–H and O–H groups in total. The summed E-state index contributed by atoms with van der Waals surface area (Å²) in [4.78, 5) is 28.5. The molecule has 0 bridgehead atoms. The summed E-state index contributed by atoms with van der Waals surface area (Å²) in [7, 11) is 0. The Bertz CT molecular complexity index is 688. The molecule has 1 aromatic rings. The average Bonchev–Trinajstić information content (AvgIpc) is 3.03. The van der Waals surface area contributed by atoms with Crippen LogP contribution in [0.3, 0.4) is 0 Å². The Hall–Kier alpha value is -2.33. The first-order valence-electron chi connectivity index (χ1n) is 8.45. The van der Waals surface area contributed by atoms with E-state index in [0.29, 0.717) is 0 Å². The molecule has 11 heteroatoms. The lowest BCUT2D eigenvalue weighted by atomic mass is 9.77. The summed E-state index contributed by atoms with van der Waals surface area (Å²) in [6, 6.07) is 0. The number of carbonyl (C=O) groups excluding carboxylic acids is 2.